The highest BCUT2D eigenvalue weighted by molar-refractivity contribution is 6.25. The van der Waals surface area contributed by atoms with Gasteiger partial charge in [0.15, 0.2) is 0 Å². The Morgan fingerprint density at radius 3 is 1.74 bits per heavy atom. The van der Waals surface area contributed by atoms with Gasteiger partial charge in [-0.25, -0.2) is 0 Å². The van der Waals surface area contributed by atoms with Crippen molar-refractivity contribution < 1.29 is 4.74 Å². The summed E-state index contributed by atoms with van der Waals surface area (Å²) in [4.78, 5) is 0. The molecule has 0 aliphatic carbocycles. The summed E-state index contributed by atoms with van der Waals surface area (Å²) < 4.78 is 6.40. The second-order valence-electron chi connectivity index (χ2n) is 11.2. The van der Waals surface area contributed by atoms with Crippen LogP contribution in [0.4, 0.5) is 0 Å². The van der Waals surface area contributed by atoms with Crippen LogP contribution in [0.25, 0.3) is 76.5 Å². The van der Waals surface area contributed by atoms with Crippen molar-refractivity contribution in [2.75, 3.05) is 0 Å². The fourth-order valence-electron chi connectivity index (χ4n) is 6.97. The fourth-order valence-corrected chi connectivity index (χ4v) is 6.97. The molecule has 0 radical (unpaired) electrons. The lowest BCUT2D eigenvalue weighted by atomic mass is 9.85. The van der Waals surface area contributed by atoms with E-state index in [-0.39, 0.29) is 0 Å². The zero-order valence-corrected chi connectivity index (χ0v) is 23.1. The summed E-state index contributed by atoms with van der Waals surface area (Å²) in [6.45, 7) is 0. The lowest BCUT2D eigenvalue weighted by Gasteiger charge is -2.23. The molecular formula is C41H23NO. The van der Waals surface area contributed by atoms with Crippen LogP contribution in [0, 0.1) is 11.3 Å². The first-order valence-electron chi connectivity index (χ1n) is 14.5. The fraction of sp³-hybridized carbons (Fsp3) is 0. The second kappa shape index (κ2) is 9.05. The lowest BCUT2D eigenvalue weighted by molar-refractivity contribution is 0.487. The van der Waals surface area contributed by atoms with Crippen molar-refractivity contribution in [3.8, 4) is 50.9 Å². The minimum Gasteiger partial charge on any atom is -0.456 e. The predicted molar refractivity (Wildman–Crippen MR) is 178 cm³/mol. The second-order valence-corrected chi connectivity index (χ2v) is 11.2. The van der Waals surface area contributed by atoms with Crippen molar-refractivity contribution in [3.63, 3.8) is 0 Å². The molecule has 0 spiro atoms. The van der Waals surface area contributed by atoms with Gasteiger partial charge in [-0.1, -0.05) is 103 Å². The van der Waals surface area contributed by atoms with E-state index in [0.717, 1.165) is 33.4 Å². The molecule has 0 unspecified atom stereocenters. The zero-order chi connectivity index (χ0) is 28.5. The normalized spacial score (nSPS) is 11.9. The van der Waals surface area contributed by atoms with Crippen LogP contribution in [0.1, 0.15) is 5.56 Å². The van der Waals surface area contributed by atoms with E-state index < -0.39 is 0 Å². The van der Waals surface area contributed by atoms with E-state index in [1.807, 2.05) is 24.3 Å². The zero-order valence-electron chi connectivity index (χ0n) is 23.1. The Kier molecular flexibility index (Phi) is 5.00. The summed E-state index contributed by atoms with van der Waals surface area (Å²) in [7, 11) is 0. The van der Waals surface area contributed by atoms with Crippen LogP contribution in [-0.4, -0.2) is 0 Å². The third kappa shape index (κ3) is 3.46. The standard InChI is InChI=1S/C41H23NO/c42-24-25-17-18-32-34-20-19-31(33-15-8-16-39(41(33)34)43-40(32)21-25)36-23-38-28-12-5-4-11-27(28)35(26-9-2-1-3-10-26)22-37(38)30-14-7-6-13-29(30)36/h1-23H. The molecule has 0 bridgehead atoms. The number of hydrogen-bond donors (Lipinski definition) is 0. The Hall–Kier alpha value is -5.91. The molecule has 9 rings (SSSR count). The van der Waals surface area contributed by atoms with Gasteiger partial charge in [-0.2, -0.15) is 5.26 Å². The molecule has 8 aromatic carbocycles. The molecule has 1 aliphatic heterocycles. The molecular weight excluding hydrogens is 522 g/mol. The number of fused-ring (bicyclic) bond motifs is 7. The average molecular weight is 546 g/mol. The van der Waals surface area contributed by atoms with Gasteiger partial charge < -0.3 is 4.74 Å². The third-order valence-corrected chi connectivity index (χ3v) is 8.88. The molecule has 0 saturated carbocycles. The van der Waals surface area contributed by atoms with Crippen LogP contribution in [0.5, 0.6) is 11.5 Å². The van der Waals surface area contributed by atoms with Crippen LogP contribution in [0.3, 0.4) is 0 Å². The van der Waals surface area contributed by atoms with E-state index in [4.69, 9.17) is 4.74 Å². The Morgan fingerprint density at radius 2 is 1.00 bits per heavy atom. The molecule has 1 heterocycles. The van der Waals surface area contributed by atoms with Gasteiger partial charge in [0.2, 0.25) is 0 Å². The molecule has 0 saturated heterocycles. The van der Waals surface area contributed by atoms with Gasteiger partial charge in [-0.05, 0) is 102 Å². The summed E-state index contributed by atoms with van der Waals surface area (Å²) in [6.07, 6.45) is 0. The maximum absolute atomic E-state index is 9.44. The topological polar surface area (TPSA) is 33.0 Å². The number of nitrogens with zero attached hydrogens (tertiary/aromatic N) is 1. The molecule has 198 valence electrons. The predicted octanol–water partition coefficient (Wildman–Crippen LogP) is 11.3. The van der Waals surface area contributed by atoms with E-state index in [0.29, 0.717) is 5.56 Å². The molecule has 0 amide bonds. The number of rotatable bonds is 2. The summed E-state index contributed by atoms with van der Waals surface area (Å²) in [6, 6.07) is 51.6. The molecule has 2 heteroatoms. The SMILES string of the molecule is N#Cc1ccc2c(c1)Oc1cccc3c(-c4cc5c6ccccc6c(-c6ccccc6)cc5c5ccccc45)ccc-2c13. The molecule has 0 N–H and O–H groups in total. The van der Waals surface area contributed by atoms with Crippen LogP contribution in [0.2, 0.25) is 0 Å². The Labute approximate surface area is 248 Å². The summed E-state index contributed by atoms with van der Waals surface area (Å²) in [5, 5.41) is 19.2. The van der Waals surface area contributed by atoms with E-state index in [1.54, 1.807) is 0 Å². The highest BCUT2D eigenvalue weighted by atomic mass is 16.5. The number of benzene rings is 8. The van der Waals surface area contributed by atoms with Gasteiger partial charge in [-0.3, -0.25) is 0 Å². The lowest BCUT2D eigenvalue weighted by Crippen LogP contribution is -1.98. The Morgan fingerprint density at radius 1 is 0.395 bits per heavy atom. The quantitative estimate of drug-likeness (QED) is 0.202. The average Bonchev–Trinajstić information content (AvgIpc) is 3.08. The van der Waals surface area contributed by atoms with Crippen molar-refractivity contribution in [3.05, 3.63) is 145 Å². The summed E-state index contributed by atoms with van der Waals surface area (Å²) in [5.41, 5.74) is 7.58. The first kappa shape index (κ1) is 23.8. The highest BCUT2D eigenvalue weighted by Crippen LogP contribution is 2.50. The highest BCUT2D eigenvalue weighted by Gasteiger charge is 2.23. The summed E-state index contributed by atoms with van der Waals surface area (Å²) in [5.74, 6) is 1.55. The van der Waals surface area contributed by atoms with E-state index >= 15 is 0 Å². The maximum atomic E-state index is 9.44. The molecule has 43 heavy (non-hydrogen) atoms. The van der Waals surface area contributed by atoms with E-state index in [9.17, 15) is 5.26 Å². The van der Waals surface area contributed by atoms with Crippen LogP contribution >= 0.6 is 0 Å². The van der Waals surface area contributed by atoms with Crippen molar-refractivity contribution in [1.82, 2.24) is 0 Å². The van der Waals surface area contributed by atoms with Crippen LogP contribution in [-0.2, 0) is 0 Å². The van der Waals surface area contributed by atoms with Gasteiger partial charge in [0.1, 0.15) is 11.5 Å². The van der Waals surface area contributed by atoms with Crippen LogP contribution in [0.15, 0.2) is 140 Å². The Balaban J connectivity index is 1.37. The van der Waals surface area contributed by atoms with Gasteiger partial charge in [0.05, 0.1) is 11.6 Å². The van der Waals surface area contributed by atoms with E-state index in [1.165, 1.54) is 54.6 Å². The van der Waals surface area contributed by atoms with Gasteiger partial charge in [0.25, 0.3) is 0 Å². The molecule has 0 atom stereocenters. The molecule has 0 aromatic heterocycles. The molecule has 2 nitrogen and oxygen atoms in total. The first-order chi connectivity index (χ1) is 21.3. The van der Waals surface area contributed by atoms with Gasteiger partial charge in [0, 0.05) is 10.9 Å². The maximum Gasteiger partial charge on any atom is 0.136 e. The molecule has 0 fully saturated rings. The smallest absolute Gasteiger partial charge is 0.136 e. The van der Waals surface area contributed by atoms with Crippen molar-refractivity contribution in [2.24, 2.45) is 0 Å². The van der Waals surface area contributed by atoms with Gasteiger partial charge in [-0.15, -0.1) is 0 Å². The number of hydrogen-bond acceptors (Lipinski definition) is 2. The monoisotopic (exact) mass is 545 g/mol. The minimum atomic E-state index is 0.594. The molecule has 1 aliphatic rings. The summed E-state index contributed by atoms with van der Waals surface area (Å²) >= 11 is 0. The first-order valence-corrected chi connectivity index (χ1v) is 14.5. The Bertz CT molecular complexity index is 2480. The largest absolute Gasteiger partial charge is 0.456 e. The van der Waals surface area contributed by atoms with Crippen molar-refractivity contribution in [1.29, 1.82) is 5.26 Å². The van der Waals surface area contributed by atoms with Crippen molar-refractivity contribution >= 4 is 43.1 Å². The van der Waals surface area contributed by atoms with Crippen LogP contribution < -0.4 is 4.74 Å². The number of ether oxygens (including phenoxy) is 1. The third-order valence-electron chi connectivity index (χ3n) is 8.88. The van der Waals surface area contributed by atoms with Gasteiger partial charge >= 0.3 is 0 Å². The van der Waals surface area contributed by atoms with E-state index in [2.05, 4.69) is 121 Å². The molecule has 8 aromatic rings. The van der Waals surface area contributed by atoms with Crippen molar-refractivity contribution in [2.45, 2.75) is 0 Å². The number of nitriles is 1. The minimum absolute atomic E-state index is 0.594.